The number of fused-ring (bicyclic) bond motifs is 1. The van der Waals surface area contributed by atoms with Gasteiger partial charge >= 0.3 is 0 Å². The Balaban J connectivity index is 1.80. The molecule has 8 heteroatoms. The van der Waals surface area contributed by atoms with E-state index in [1.807, 2.05) is 75.4 Å². The van der Waals surface area contributed by atoms with Crippen LogP contribution in [0.5, 0.6) is 0 Å². The number of nitrogens with one attached hydrogen (secondary N) is 1. The number of carbonyl (C=O) groups excluding carboxylic acids is 3. The number of rotatable bonds is 11. The number of carbonyl (C=O) groups is 3. The zero-order chi connectivity index (χ0) is 29.5. The van der Waals surface area contributed by atoms with Crippen molar-refractivity contribution in [3.8, 4) is 0 Å². The Morgan fingerprint density at radius 3 is 2.27 bits per heavy atom. The van der Waals surface area contributed by atoms with Gasteiger partial charge in [-0.25, -0.2) is 9.38 Å². The van der Waals surface area contributed by atoms with E-state index in [-0.39, 0.29) is 18.3 Å². The molecule has 1 aliphatic rings. The number of hydrogen-bond acceptors (Lipinski definition) is 4. The Hall–Kier alpha value is -4.33. The minimum absolute atomic E-state index is 0.122. The Kier molecular flexibility index (Phi) is 9.65. The molecule has 0 aliphatic carbocycles. The van der Waals surface area contributed by atoms with E-state index >= 15 is 0 Å². The molecule has 0 saturated carbocycles. The summed E-state index contributed by atoms with van der Waals surface area (Å²) in [5.74, 6) is -3.01. The SMILES string of the molecule is CCC[C@H](C(N)=O)[C@@H](CC(C)C)C(=O)NC1N=C(c2ccccc2)c2ccccc2N(Cc2ccc(F)cc2)C1=O. The minimum atomic E-state index is -1.25. The highest BCUT2D eigenvalue weighted by Gasteiger charge is 2.37. The number of benzodiazepines with no additional fused rings is 1. The van der Waals surface area contributed by atoms with Crippen molar-refractivity contribution < 1.29 is 18.8 Å². The first-order valence-corrected chi connectivity index (χ1v) is 14.1. The van der Waals surface area contributed by atoms with Crippen LogP contribution in [-0.2, 0) is 20.9 Å². The number of amides is 3. The maximum atomic E-state index is 14.2. The largest absolute Gasteiger partial charge is 0.369 e. The van der Waals surface area contributed by atoms with Crippen LogP contribution in [0.4, 0.5) is 10.1 Å². The Morgan fingerprint density at radius 1 is 0.976 bits per heavy atom. The van der Waals surface area contributed by atoms with E-state index in [0.29, 0.717) is 30.7 Å². The Bertz CT molecular complexity index is 1410. The lowest BCUT2D eigenvalue weighted by Gasteiger charge is -2.28. The standard InChI is InChI=1S/C33H37FN4O3/c1-4-10-25(30(35)39)27(19-21(2)3)32(40)37-31-33(41)38(20-22-15-17-24(34)18-16-22)28-14-9-8-13-26(28)29(36-31)23-11-6-5-7-12-23/h5-9,11-18,21,25,27,31H,4,10,19-20H2,1-3H3,(H2,35,39)(H,37,40)/t25-,27+,31?/m0/s1. The molecule has 0 bridgehead atoms. The number of hydrogen-bond donors (Lipinski definition) is 2. The molecule has 3 atom stereocenters. The molecule has 3 aromatic rings. The lowest BCUT2D eigenvalue weighted by atomic mass is 9.81. The van der Waals surface area contributed by atoms with Gasteiger partial charge < -0.3 is 16.0 Å². The minimum Gasteiger partial charge on any atom is -0.369 e. The van der Waals surface area contributed by atoms with Crippen molar-refractivity contribution in [1.82, 2.24) is 5.32 Å². The third-order valence-electron chi connectivity index (χ3n) is 7.30. The van der Waals surface area contributed by atoms with Crippen LogP contribution >= 0.6 is 0 Å². The van der Waals surface area contributed by atoms with Crippen molar-refractivity contribution in [3.05, 3.63) is 101 Å². The molecule has 3 N–H and O–H groups in total. The van der Waals surface area contributed by atoms with Crippen LogP contribution < -0.4 is 16.0 Å². The van der Waals surface area contributed by atoms with Gasteiger partial charge in [0.2, 0.25) is 18.0 Å². The fraction of sp³-hybridized carbons (Fsp3) is 0.333. The number of anilines is 1. The molecule has 1 unspecified atom stereocenters. The summed E-state index contributed by atoms with van der Waals surface area (Å²) in [6.45, 7) is 6.05. The highest BCUT2D eigenvalue weighted by molar-refractivity contribution is 6.20. The average Bonchev–Trinajstić information content (AvgIpc) is 3.07. The topological polar surface area (TPSA) is 105 Å². The molecule has 0 fully saturated rings. The first-order valence-electron chi connectivity index (χ1n) is 14.1. The van der Waals surface area contributed by atoms with Crippen LogP contribution in [0.15, 0.2) is 83.9 Å². The summed E-state index contributed by atoms with van der Waals surface area (Å²) in [6, 6.07) is 22.9. The van der Waals surface area contributed by atoms with Crippen LogP contribution in [-0.4, -0.2) is 29.6 Å². The molecular formula is C33H37FN4O3. The zero-order valence-corrected chi connectivity index (χ0v) is 23.7. The summed E-state index contributed by atoms with van der Waals surface area (Å²) < 4.78 is 13.7. The highest BCUT2D eigenvalue weighted by atomic mass is 19.1. The van der Waals surface area contributed by atoms with Crippen molar-refractivity contribution in [3.63, 3.8) is 0 Å². The molecule has 41 heavy (non-hydrogen) atoms. The molecule has 0 saturated heterocycles. The molecule has 0 aromatic heterocycles. The summed E-state index contributed by atoms with van der Waals surface area (Å²) >= 11 is 0. The Labute approximate surface area is 240 Å². The number of para-hydroxylation sites is 1. The van der Waals surface area contributed by atoms with Crippen LogP contribution in [0.3, 0.4) is 0 Å². The number of nitrogens with zero attached hydrogens (tertiary/aromatic N) is 2. The van der Waals surface area contributed by atoms with E-state index in [9.17, 15) is 18.8 Å². The fourth-order valence-electron chi connectivity index (χ4n) is 5.34. The number of aliphatic imine (C=N–C) groups is 1. The van der Waals surface area contributed by atoms with E-state index < -0.39 is 35.7 Å². The lowest BCUT2D eigenvalue weighted by molar-refractivity contribution is -0.136. The average molecular weight is 557 g/mol. The number of primary amides is 1. The summed E-state index contributed by atoms with van der Waals surface area (Å²) in [5.41, 5.74) is 9.17. The van der Waals surface area contributed by atoms with Crippen LogP contribution in [0.2, 0.25) is 0 Å². The summed E-state index contributed by atoms with van der Waals surface area (Å²) in [6.07, 6.45) is 0.346. The third-order valence-corrected chi connectivity index (χ3v) is 7.30. The van der Waals surface area contributed by atoms with E-state index in [1.54, 1.807) is 17.0 Å². The number of benzene rings is 3. The quantitative estimate of drug-likeness (QED) is 0.338. The van der Waals surface area contributed by atoms with Crippen molar-refractivity contribution in [2.75, 3.05) is 4.90 Å². The molecule has 1 heterocycles. The predicted molar refractivity (Wildman–Crippen MR) is 159 cm³/mol. The second-order valence-corrected chi connectivity index (χ2v) is 10.9. The Morgan fingerprint density at radius 2 is 1.63 bits per heavy atom. The molecule has 3 amide bonds. The van der Waals surface area contributed by atoms with Gasteiger partial charge in [-0.3, -0.25) is 14.4 Å². The highest BCUT2D eigenvalue weighted by Crippen LogP contribution is 2.31. The third kappa shape index (κ3) is 7.06. The van der Waals surface area contributed by atoms with E-state index in [2.05, 4.69) is 5.32 Å². The first kappa shape index (κ1) is 29.6. The van der Waals surface area contributed by atoms with E-state index in [1.165, 1.54) is 12.1 Å². The molecule has 7 nitrogen and oxygen atoms in total. The fourth-order valence-corrected chi connectivity index (χ4v) is 5.34. The summed E-state index contributed by atoms with van der Waals surface area (Å²) in [7, 11) is 0. The van der Waals surface area contributed by atoms with Gasteiger partial charge in [0, 0.05) is 23.0 Å². The van der Waals surface area contributed by atoms with Gasteiger partial charge in [-0.15, -0.1) is 0 Å². The molecule has 0 radical (unpaired) electrons. The van der Waals surface area contributed by atoms with Crippen molar-refractivity contribution in [1.29, 1.82) is 0 Å². The van der Waals surface area contributed by atoms with Gasteiger partial charge in [0.05, 0.1) is 17.9 Å². The summed E-state index contributed by atoms with van der Waals surface area (Å²) in [5, 5.41) is 2.88. The normalized spacial score (nSPS) is 16.4. The predicted octanol–water partition coefficient (Wildman–Crippen LogP) is 5.22. The van der Waals surface area contributed by atoms with Gasteiger partial charge in [0.15, 0.2) is 0 Å². The van der Waals surface area contributed by atoms with Gasteiger partial charge in [-0.2, -0.15) is 0 Å². The first-order chi connectivity index (χ1) is 19.7. The second-order valence-electron chi connectivity index (χ2n) is 10.9. The second kappa shape index (κ2) is 13.4. The van der Waals surface area contributed by atoms with Crippen molar-refractivity contribution >= 4 is 29.1 Å². The van der Waals surface area contributed by atoms with E-state index in [4.69, 9.17) is 10.7 Å². The molecule has 214 valence electrons. The van der Waals surface area contributed by atoms with Gasteiger partial charge in [-0.1, -0.05) is 87.9 Å². The maximum absolute atomic E-state index is 14.2. The van der Waals surface area contributed by atoms with Crippen LogP contribution in [0.25, 0.3) is 0 Å². The molecule has 1 aliphatic heterocycles. The van der Waals surface area contributed by atoms with Gasteiger partial charge in [0.1, 0.15) is 5.82 Å². The maximum Gasteiger partial charge on any atom is 0.272 e. The number of halogens is 1. The molecule has 4 rings (SSSR count). The number of nitrogens with two attached hydrogens (primary N) is 1. The van der Waals surface area contributed by atoms with E-state index in [0.717, 1.165) is 16.7 Å². The van der Waals surface area contributed by atoms with Crippen LogP contribution in [0.1, 0.15) is 56.7 Å². The van der Waals surface area contributed by atoms with Crippen molar-refractivity contribution in [2.24, 2.45) is 28.5 Å². The smallest absolute Gasteiger partial charge is 0.272 e. The van der Waals surface area contributed by atoms with Gasteiger partial charge in [0.25, 0.3) is 5.91 Å². The van der Waals surface area contributed by atoms with Crippen LogP contribution in [0, 0.1) is 23.6 Å². The lowest BCUT2D eigenvalue weighted by Crippen LogP contribution is -2.50. The molecule has 3 aromatic carbocycles. The molecular weight excluding hydrogens is 519 g/mol. The van der Waals surface area contributed by atoms with Crippen molar-refractivity contribution in [2.45, 2.75) is 52.7 Å². The van der Waals surface area contributed by atoms with Gasteiger partial charge in [-0.05, 0) is 42.5 Å². The summed E-state index contributed by atoms with van der Waals surface area (Å²) in [4.78, 5) is 46.9. The molecule has 0 spiro atoms. The monoisotopic (exact) mass is 556 g/mol. The zero-order valence-electron chi connectivity index (χ0n) is 23.7.